The van der Waals surface area contributed by atoms with Gasteiger partial charge in [0.25, 0.3) is 5.91 Å². The highest BCUT2D eigenvalue weighted by atomic mass is 16.5. The number of hydrogen-bond donors (Lipinski definition) is 7. The van der Waals surface area contributed by atoms with Crippen molar-refractivity contribution in [2.24, 2.45) is 5.41 Å². The Kier molecular flexibility index (Phi) is 12.6. The highest BCUT2D eigenvalue weighted by Gasteiger charge is 2.40. The molecular formula is C35H45N5O6. The molecule has 7 N–H and O–H groups in total. The van der Waals surface area contributed by atoms with Crippen molar-refractivity contribution in [3.63, 3.8) is 0 Å². The molecule has 0 saturated heterocycles. The van der Waals surface area contributed by atoms with Crippen LogP contribution in [0.5, 0.6) is 0 Å². The van der Waals surface area contributed by atoms with Crippen LogP contribution < -0.4 is 16.3 Å². The van der Waals surface area contributed by atoms with E-state index in [1.54, 1.807) is 12.1 Å². The average molecular weight is 632 g/mol. The summed E-state index contributed by atoms with van der Waals surface area (Å²) in [5, 5.41) is 38.9. The lowest BCUT2D eigenvalue weighted by molar-refractivity contribution is -0.150. The van der Waals surface area contributed by atoms with E-state index in [0.717, 1.165) is 27.8 Å². The Hall–Kier alpha value is -4.58. The zero-order valence-corrected chi connectivity index (χ0v) is 27.0. The molecule has 0 fully saturated rings. The van der Waals surface area contributed by atoms with Crippen LogP contribution in [-0.2, 0) is 20.8 Å². The lowest BCUT2D eigenvalue weighted by atomic mass is 9.84. The molecule has 0 heterocycles. The van der Waals surface area contributed by atoms with Crippen molar-refractivity contribution >= 4 is 23.6 Å². The average Bonchev–Trinajstić information content (AvgIpc) is 3.03. The van der Waals surface area contributed by atoms with E-state index in [2.05, 4.69) is 11.4 Å². The van der Waals surface area contributed by atoms with Crippen molar-refractivity contribution in [2.45, 2.75) is 72.1 Å². The Morgan fingerprint density at radius 1 is 0.913 bits per heavy atom. The fourth-order valence-electron chi connectivity index (χ4n) is 5.51. The van der Waals surface area contributed by atoms with Gasteiger partial charge in [-0.15, -0.1) is 0 Å². The van der Waals surface area contributed by atoms with E-state index in [1.807, 2.05) is 94.7 Å². The van der Waals surface area contributed by atoms with Crippen molar-refractivity contribution in [3.05, 3.63) is 95.1 Å². The number of nitrogens with one attached hydrogen (secondary N) is 4. The van der Waals surface area contributed by atoms with E-state index < -0.39 is 35.8 Å². The summed E-state index contributed by atoms with van der Waals surface area (Å²) >= 11 is 0. The van der Waals surface area contributed by atoms with Crippen LogP contribution in [0.25, 0.3) is 11.1 Å². The number of benzene rings is 3. The van der Waals surface area contributed by atoms with Gasteiger partial charge in [-0.1, -0.05) is 93.6 Å². The molecule has 46 heavy (non-hydrogen) atoms. The third-order valence-corrected chi connectivity index (χ3v) is 7.89. The maximum Gasteiger partial charge on any atom is 0.272 e. The highest BCUT2D eigenvalue weighted by molar-refractivity contribution is 5.96. The molecule has 0 aliphatic rings. The van der Waals surface area contributed by atoms with Gasteiger partial charge >= 0.3 is 0 Å². The molecule has 246 valence electrons. The first kappa shape index (κ1) is 35.9. The summed E-state index contributed by atoms with van der Waals surface area (Å²) in [6, 6.07) is 21.6. The fraction of sp³-hybridized carbons (Fsp3) is 0.371. The molecule has 0 bridgehead atoms. The summed E-state index contributed by atoms with van der Waals surface area (Å²) in [5.41, 5.74) is 8.03. The summed E-state index contributed by atoms with van der Waals surface area (Å²) in [5.74, 6) is -2.13. The molecule has 0 aliphatic carbocycles. The lowest BCUT2D eigenvalue weighted by Crippen LogP contribution is -2.57. The van der Waals surface area contributed by atoms with Crippen LogP contribution in [0, 0.1) is 17.7 Å². The summed E-state index contributed by atoms with van der Waals surface area (Å²) in [6.45, 7) is 9.64. The Labute approximate surface area is 270 Å². The van der Waals surface area contributed by atoms with Gasteiger partial charge in [-0.3, -0.25) is 35.7 Å². The second-order valence-corrected chi connectivity index (χ2v) is 12.5. The summed E-state index contributed by atoms with van der Waals surface area (Å²) in [4.78, 5) is 40.6. The van der Waals surface area contributed by atoms with Crippen molar-refractivity contribution in [1.82, 2.24) is 21.2 Å². The second-order valence-electron chi connectivity index (χ2n) is 12.5. The first-order chi connectivity index (χ1) is 21.8. The van der Waals surface area contributed by atoms with Gasteiger partial charge in [-0.05, 0) is 59.9 Å². The largest absolute Gasteiger partial charge is 0.383 e. The number of hydrogen-bond acceptors (Lipinski definition) is 7. The standard InChI is InChI=1S/C35H45N5O6/c1-22-20-24(13-18-28(22)26-14-16-27(17-15-26)32(36)38-45)10-9-19-40(30(42)21-29(41)33(43)39-46)31(35(3,4)5)34(44)37-23(2)25-11-7-6-8-12-25/h6-8,11-18,20,23,29,31,41,45-46H,9-10,19,21H2,1-5H3,(H2,36,38)(H,37,44)(H,39,43)/t23-,29+,31-/m1/s1. The van der Waals surface area contributed by atoms with Crippen molar-refractivity contribution in [1.29, 1.82) is 5.41 Å². The molecule has 3 amide bonds. The van der Waals surface area contributed by atoms with Crippen LogP contribution >= 0.6 is 0 Å². The zero-order valence-electron chi connectivity index (χ0n) is 27.0. The normalized spacial score (nSPS) is 13.2. The first-order valence-electron chi connectivity index (χ1n) is 15.2. The molecule has 0 unspecified atom stereocenters. The number of nitrogens with zero attached hydrogens (tertiary/aromatic N) is 1. The summed E-state index contributed by atoms with van der Waals surface area (Å²) < 4.78 is 0. The number of carbonyl (C=O) groups is 3. The molecule has 0 aromatic heterocycles. The maximum absolute atomic E-state index is 13.8. The number of hydroxylamine groups is 2. The number of amides is 3. The molecule has 3 aromatic rings. The number of aliphatic hydroxyl groups excluding tert-OH is 1. The van der Waals surface area contributed by atoms with E-state index in [4.69, 9.17) is 15.8 Å². The molecule has 0 aliphatic heterocycles. The number of aliphatic hydroxyl groups is 1. The number of rotatable bonds is 13. The molecule has 0 spiro atoms. The van der Waals surface area contributed by atoms with Gasteiger partial charge in [0, 0.05) is 12.1 Å². The van der Waals surface area contributed by atoms with E-state index in [1.165, 1.54) is 10.4 Å². The predicted octanol–water partition coefficient (Wildman–Crippen LogP) is 4.28. The third kappa shape index (κ3) is 9.46. The van der Waals surface area contributed by atoms with Gasteiger partial charge in [0.15, 0.2) is 0 Å². The van der Waals surface area contributed by atoms with Gasteiger partial charge in [0.2, 0.25) is 11.8 Å². The van der Waals surface area contributed by atoms with Crippen molar-refractivity contribution in [2.75, 3.05) is 6.54 Å². The number of carbonyl (C=O) groups excluding carboxylic acids is 3. The molecule has 3 rings (SSSR count). The Bertz CT molecular complexity index is 1500. The van der Waals surface area contributed by atoms with Crippen LogP contribution in [0.4, 0.5) is 0 Å². The summed E-state index contributed by atoms with van der Waals surface area (Å²) in [6.07, 6.45) is -1.27. The second kappa shape index (κ2) is 16.1. The van der Waals surface area contributed by atoms with Gasteiger partial charge in [-0.2, -0.15) is 0 Å². The van der Waals surface area contributed by atoms with Crippen LogP contribution in [0.15, 0.2) is 72.8 Å². The van der Waals surface area contributed by atoms with Crippen LogP contribution in [-0.4, -0.2) is 62.7 Å². The van der Waals surface area contributed by atoms with E-state index in [9.17, 15) is 19.5 Å². The van der Waals surface area contributed by atoms with Gasteiger partial charge < -0.3 is 15.3 Å². The fourth-order valence-corrected chi connectivity index (χ4v) is 5.51. The minimum atomic E-state index is -1.78. The minimum Gasteiger partial charge on any atom is -0.383 e. The Morgan fingerprint density at radius 2 is 1.57 bits per heavy atom. The molecule has 3 aromatic carbocycles. The van der Waals surface area contributed by atoms with Crippen LogP contribution in [0.3, 0.4) is 0 Å². The zero-order chi connectivity index (χ0) is 34.0. The molecule has 3 atom stereocenters. The van der Waals surface area contributed by atoms with Crippen LogP contribution in [0.2, 0.25) is 0 Å². The Balaban J connectivity index is 1.81. The van der Waals surface area contributed by atoms with Gasteiger partial charge in [-0.25, -0.2) is 5.48 Å². The first-order valence-corrected chi connectivity index (χ1v) is 15.2. The monoisotopic (exact) mass is 631 g/mol. The molecular weight excluding hydrogens is 586 g/mol. The molecule has 0 radical (unpaired) electrons. The van der Waals surface area contributed by atoms with Gasteiger partial charge in [0.1, 0.15) is 18.0 Å². The number of aryl methyl sites for hydroxylation is 2. The van der Waals surface area contributed by atoms with Crippen LogP contribution in [0.1, 0.15) is 68.8 Å². The Morgan fingerprint density at radius 3 is 2.13 bits per heavy atom. The van der Waals surface area contributed by atoms with E-state index >= 15 is 0 Å². The molecule has 11 nitrogen and oxygen atoms in total. The summed E-state index contributed by atoms with van der Waals surface area (Å²) in [7, 11) is 0. The van der Waals surface area contributed by atoms with E-state index in [-0.39, 0.29) is 24.3 Å². The highest BCUT2D eigenvalue weighted by Crippen LogP contribution is 2.28. The molecule has 11 heteroatoms. The predicted molar refractivity (Wildman–Crippen MR) is 175 cm³/mol. The quantitative estimate of drug-likeness (QED) is 0.0638. The topological polar surface area (TPSA) is 175 Å². The number of amidine groups is 1. The molecule has 0 saturated carbocycles. The SMILES string of the molecule is Cc1cc(CCCN(C(=O)C[C@H](O)C(=O)NO)[C@H](C(=O)N[C@H](C)c2ccccc2)C(C)(C)C)ccc1-c1ccc(C(=N)NO)cc1. The van der Waals surface area contributed by atoms with E-state index in [0.29, 0.717) is 18.4 Å². The third-order valence-electron chi connectivity index (χ3n) is 7.89. The van der Waals surface area contributed by atoms with Crippen molar-refractivity contribution in [3.8, 4) is 11.1 Å². The maximum atomic E-state index is 13.8. The lowest BCUT2D eigenvalue weighted by Gasteiger charge is -2.40. The van der Waals surface area contributed by atoms with Crippen molar-refractivity contribution < 1.29 is 29.9 Å². The minimum absolute atomic E-state index is 0.0887. The van der Waals surface area contributed by atoms with Gasteiger partial charge in [0.05, 0.1) is 12.5 Å². The smallest absolute Gasteiger partial charge is 0.272 e.